The summed E-state index contributed by atoms with van der Waals surface area (Å²) in [6, 6.07) is -0.272. The predicted molar refractivity (Wildman–Crippen MR) is 67.4 cm³/mol. The minimum Gasteiger partial charge on any atom is -0.480 e. The van der Waals surface area contributed by atoms with E-state index in [2.05, 4.69) is 13.8 Å². The summed E-state index contributed by atoms with van der Waals surface area (Å²) < 4.78 is 0. The predicted octanol–water partition coefficient (Wildman–Crippen LogP) is 1.92. The van der Waals surface area contributed by atoms with Crippen molar-refractivity contribution >= 4 is 12.0 Å². The van der Waals surface area contributed by atoms with E-state index >= 15 is 0 Å². The molecule has 2 fully saturated rings. The quantitative estimate of drug-likeness (QED) is 0.777. The number of aliphatic carboxylic acids is 1. The van der Waals surface area contributed by atoms with Gasteiger partial charge in [0.25, 0.3) is 0 Å². The number of carbonyl (C=O) groups is 2. The largest absolute Gasteiger partial charge is 0.480 e. The van der Waals surface area contributed by atoms with Crippen LogP contribution in [0.3, 0.4) is 0 Å². The second-order valence-corrected chi connectivity index (χ2v) is 5.51. The Morgan fingerprint density at radius 3 is 2.22 bits per heavy atom. The molecule has 0 aromatic carbocycles. The van der Waals surface area contributed by atoms with Gasteiger partial charge in [0.1, 0.15) is 6.04 Å². The maximum absolute atomic E-state index is 12.5. The third-order valence-corrected chi connectivity index (χ3v) is 4.20. The van der Waals surface area contributed by atoms with Gasteiger partial charge in [0, 0.05) is 18.6 Å². The lowest BCUT2D eigenvalue weighted by Gasteiger charge is -2.41. The van der Waals surface area contributed by atoms with E-state index in [-0.39, 0.29) is 18.1 Å². The fourth-order valence-corrected chi connectivity index (χ4v) is 3.20. The van der Waals surface area contributed by atoms with Gasteiger partial charge in [-0.15, -0.1) is 0 Å². The standard InChI is InChI=1S/C13H22N2O3/c1-9-5-3-6-10(2)15(9)13(18)14-8-4-7-11(14)12(16)17/h9-11H,3-8H2,1-2H3,(H,16,17)/t9?,10?,11-/m1/s1. The number of urea groups is 1. The fourth-order valence-electron chi connectivity index (χ4n) is 3.20. The van der Waals surface area contributed by atoms with Gasteiger partial charge in [0.05, 0.1) is 0 Å². The van der Waals surface area contributed by atoms with Crippen molar-refractivity contribution in [1.82, 2.24) is 9.80 Å². The third kappa shape index (κ3) is 2.31. The van der Waals surface area contributed by atoms with Crippen LogP contribution < -0.4 is 0 Å². The number of rotatable bonds is 1. The highest BCUT2D eigenvalue weighted by atomic mass is 16.4. The van der Waals surface area contributed by atoms with E-state index in [1.54, 1.807) is 4.90 Å². The van der Waals surface area contributed by atoms with Crippen LogP contribution >= 0.6 is 0 Å². The van der Waals surface area contributed by atoms with Crippen molar-refractivity contribution < 1.29 is 14.7 Å². The summed E-state index contributed by atoms with van der Waals surface area (Å²) in [5.74, 6) is -0.877. The van der Waals surface area contributed by atoms with Crippen LogP contribution in [0.25, 0.3) is 0 Å². The molecule has 0 radical (unpaired) electrons. The topological polar surface area (TPSA) is 60.9 Å². The minimum absolute atomic E-state index is 0.0837. The molecule has 0 aromatic heterocycles. The van der Waals surface area contributed by atoms with Crippen LogP contribution in [0.5, 0.6) is 0 Å². The van der Waals surface area contributed by atoms with E-state index in [9.17, 15) is 9.59 Å². The van der Waals surface area contributed by atoms with Crippen molar-refractivity contribution in [3.63, 3.8) is 0 Å². The molecule has 0 spiro atoms. The number of carbonyl (C=O) groups excluding carboxylic acids is 1. The van der Waals surface area contributed by atoms with Gasteiger partial charge in [-0.2, -0.15) is 0 Å². The molecule has 2 saturated heterocycles. The van der Waals surface area contributed by atoms with E-state index in [0.29, 0.717) is 13.0 Å². The number of hydrogen-bond acceptors (Lipinski definition) is 2. The second-order valence-electron chi connectivity index (χ2n) is 5.51. The molecule has 0 saturated carbocycles. The number of carboxylic acids is 1. The Bertz CT molecular complexity index is 335. The highest BCUT2D eigenvalue weighted by molar-refractivity contribution is 5.83. The van der Waals surface area contributed by atoms with Gasteiger partial charge in [-0.25, -0.2) is 9.59 Å². The average Bonchev–Trinajstić information content (AvgIpc) is 2.77. The molecule has 2 unspecified atom stereocenters. The lowest BCUT2D eigenvalue weighted by molar-refractivity contribution is -0.141. The van der Waals surface area contributed by atoms with E-state index in [1.807, 2.05) is 4.90 Å². The molecule has 2 heterocycles. The van der Waals surface area contributed by atoms with Crippen LogP contribution in [0.4, 0.5) is 4.79 Å². The third-order valence-electron chi connectivity index (χ3n) is 4.20. The monoisotopic (exact) mass is 254 g/mol. The molecule has 0 bridgehead atoms. The number of piperidine rings is 1. The first-order valence-corrected chi connectivity index (χ1v) is 6.84. The van der Waals surface area contributed by atoms with Crippen molar-refractivity contribution in [3.8, 4) is 0 Å². The molecule has 5 nitrogen and oxygen atoms in total. The first kappa shape index (κ1) is 13.2. The molecule has 0 aromatic rings. The van der Waals surface area contributed by atoms with E-state index in [0.717, 1.165) is 25.7 Å². The van der Waals surface area contributed by atoms with E-state index in [4.69, 9.17) is 5.11 Å². The van der Waals surface area contributed by atoms with Gasteiger partial charge < -0.3 is 14.9 Å². The minimum atomic E-state index is -0.877. The van der Waals surface area contributed by atoms with Crippen molar-refractivity contribution in [2.24, 2.45) is 0 Å². The number of likely N-dealkylation sites (tertiary alicyclic amines) is 2. The Morgan fingerprint density at radius 1 is 1.06 bits per heavy atom. The Kier molecular flexibility index (Phi) is 3.78. The average molecular weight is 254 g/mol. The van der Waals surface area contributed by atoms with E-state index in [1.165, 1.54) is 0 Å². The van der Waals surface area contributed by atoms with Crippen molar-refractivity contribution in [2.75, 3.05) is 6.54 Å². The normalized spacial score (nSPS) is 32.7. The summed E-state index contributed by atoms with van der Waals surface area (Å²) in [5, 5.41) is 9.15. The molecule has 18 heavy (non-hydrogen) atoms. The van der Waals surface area contributed by atoms with Crippen LogP contribution in [0.1, 0.15) is 46.0 Å². The SMILES string of the molecule is CC1CCCC(C)N1C(=O)N1CCC[C@@H]1C(=O)O. The van der Waals surface area contributed by atoms with Crippen LogP contribution in [-0.2, 0) is 4.79 Å². The number of hydrogen-bond donors (Lipinski definition) is 1. The van der Waals surface area contributed by atoms with Crippen molar-refractivity contribution in [1.29, 1.82) is 0 Å². The van der Waals surface area contributed by atoms with E-state index < -0.39 is 12.0 Å². The zero-order valence-electron chi connectivity index (χ0n) is 11.1. The molecule has 5 heteroatoms. The second kappa shape index (κ2) is 5.16. The van der Waals surface area contributed by atoms with Crippen molar-refractivity contribution in [3.05, 3.63) is 0 Å². The van der Waals surface area contributed by atoms with Gasteiger partial charge in [-0.05, 0) is 46.0 Å². The molecular weight excluding hydrogens is 232 g/mol. The van der Waals surface area contributed by atoms with Crippen molar-refractivity contribution in [2.45, 2.75) is 64.1 Å². The number of nitrogens with zero attached hydrogens (tertiary/aromatic N) is 2. The van der Waals surface area contributed by atoms with Gasteiger partial charge in [-0.3, -0.25) is 0 Å². The number of amides is 2. The Balaban J connectivity index is 2.12. The molecule has 102 valence electrons. The summed E-state index contributed by atoms with van der Waals surface area (Å²) in [6.45, 7) is 4.69. The Morgan fingerprint density at radius 2 is 1.67 bits per heavy atom. The van der Waals surface area contributed by atoms with Crippen LogP contribution in [0.15, 0.2) is 0 Å². The van der Waals surface area contributed by atoms with Crippen LogP contribution in [0.2, 0.25) is 0 Å². The first-order chi connectivity index (χ1) is 8.52. The van der Waals surface area contributed by atoms with Gasteiger partial charge in [0.2, 0.25) is 0 Å². The summed E-state index contributed by atoms with van der Waals surface area (Å²) in [6.07, 6.45) is 4.55. The maximum Gasteiger partial charge on any atom is 0.326 e. The van der Waals surface area contributed by atoms with Crippen LogP contribution in [-0.4, -0.2) is 51.6 Å². The lowest BCUT2D eigenvalue weighted by Crippen LogP contribution is -2.55. The first-order valence-electron chi connectivity index (χ1n) is 6.84. The smallest absolute Gasteiger partial charge is 0.326 e. The molecule has 2 amide bonds. The molecule has 3 atom stereocenters. The molecule has 1 N–H and O–H groups in total. The Hall–Kier alpha value is -1.26. The highest BCUT2D eigenvalue weighted by Crippen LogP contribution is 2.27. The summed E-state index contributed by atoms with van der Waals surface area (Å²) in [5.41, 5.74) is 0. The van der Waals surface area contributed by atoms with Gasteiger partial charge >= 0.3 is 12.0 Å². The molecular formula is C13H22N2O3. The Labute approximate surface area is 108 Å². The highest BCUT2D eigenvalue weighted by Gasteiger charge is 2.39. The summed E-state index contributed by atoms with van der Waals surface area (Å²) in [7, 11) is 0. The molecule has 2 aliphatic rings. The van der Waals surface area contributed by atoms with Crippen LogP contribution in [0, 0.1) is 0 Å². The fraction of sp³-hybridized carbons (Fsp3) is 0.846. The molecule has 2 rings (SSSR count). The maximum atomic E-state index is 12.5. The van der Waals surface area contributed by atoms with Gasteiger partial charge in [-0.1, -0.05) is 0 Å². The summed E-state index contributed by atoms with van der Waals surface area (Å²) >= 11 is 0. The zero-order valence-corrected chi connectivity index (χ0v) is 11.1. The zero-order chi connectivity index (χ0) is 13.3. The summed E-state index contributed by atoms with van der Waals surface area (Å²) in [4.78, 5) is 27.1. The molecule has 2 aliphatic heterocycles. The van der Waals surface area contributed by atoms with Gasteiger partial charge in [0.15, 0.2) is 0 Å². The number of carboxylic acid groups (broad SMARTS) is 1. The molecule has 0 aliphatic carbocycles. The lowest BCUT2D eigenvalue weighted by atomic mass is 9.98.